The molecule has 110 valence electrons. The second-order valence-electron chi connectivity index (χ2n) is 5.62. The smallest absolute Gasteiger partial charge is 0.331 e. The predicted octanol–water partition coefficient (Wildman–Crippen LogP) is -0.0230. The lowest BCUT2D eigenvalue weighted by Crippen LogP contribution is -2.61. The Morgan fingerprint density at radius 3 is 2.80 bits per heavy atom. The van der Waals surface area contributed by atoms with Gasteiger partial charge < -0.3 is 4.74 Å². The summed E-state index contributed by atoms with van der Waals surface area (Å²) in [6, 6.07) is -0.308. The minimum atomic E-state index is -0.335. The average molecular weight is 280 g/mol. The van der Waals surface area contributed by atoms with E-state index in [0.717, 1.165) is 26.0 Å². The number of nitrogens with zero attached hydrogens (tertiary/aromatic N) is 4. The Morgan fingerprint density at radius 1 is 1.30 bits per heavy atom. The molecule has 2 atom stereocenters. The van der Waals surface area contributed by atoms with Crippen molar-refractivity contribution in [2.75, 3.05) is 40.5 Å². The first-order chi connectivity index (χ1) is 9.58. The molecule has 2 fully saturated rings. The van der Waals surface area contributed by atoms with E-state index in [2.05, 4.69) is 9.89 Å². The number of urea groups is 1. The monoisotopic (exact) mass is 280 g/mol. The van der Waals surface area contributed by atoms with Crippen molar-refractivity contribution in [1.82, 2.24) is 14.7 Å². The van der Waals surface area contributed by atoms with Crippen LogP contribution >= 0.6 is 0 Å². The van der Waals surface area contributed by atoms with Crippen molar-refractivity contribution in [2.45, 2.75) is 18.9 Å². The molecule has 0 bridgehead atoms. The quantitative estimate of drug-likeness (QED) is 0.713. The molecule has 7 heteroatoms. The van der Waals surface area contributed by atoms with Gasteiger partial charge in [-0.25, -0.2) is 4.79 Å². The van der Waals surface area contributed by atoms with Crippen molar-refractivity contribution < 1.29 is 14.3 Å². The van der Waals surface area contributed by atoms with Gasteiger partial charge in [0.2, 0.25) is 5.91 Å². The van der Waals surface area contributed by atoms with Crippen molar-refractivity contribution in [3.63, 3.8) is 0 Å². The van der Waals surface area contributed by atoms with Crippen LogP contribution in [0.2, 0.25) is 0 Å². The second kappa shape index (κ2) is 5.14. The lowest BCUT2D eigenvalue weighted by atomic mass is 10.0. The van der Waals surface area contributed by atoms with Crippen molar-refractivity contribution in [3.8, 4) is 0 Å². The molecular formula is C13H20N4O3. The molecule has 0 aromatic rings. The number of rotatable bonds is 2. The number of hydrogen-bond donors (Lipinski definition) is 0. The number of hydrogen-bond acceptors (Lipinski definition) is 5. The summed E-state index contributed by atoms with van der Waals surface area (Å²) >= 11 is 0. The number of amides is 3. The van der Waals surface area contributed by atoms with Crippen molar-refractivity contribution >= 4 is 17.8 Å². The molecule has 0 radical (unpaired) electrons. The second-order valence-corrected chi connectivity index (χ2v) is 5.62. The fraction of sp³-hybridized carbons (Fsp3) is 0.769. The van der Waals surface area contributed by atoms with Crippen LogP contribution in [0.15, 0.2) is 4.99 Å². The van der Waals surface area contributed by atoms with Crippen LogP contribution in [-0.4, -0.2) is 79.0 Å². The predicted molar refractivity (Wildman–Crippen MR) is 72.3 cm³/mol. The molecule has 3 aliphatic rings. The topological polar surface area (TPSA) is 65.5 Å². The highest BCUT2D eigenvalue weighted by Crippen LogP contribution is 2.22. The summed E-state index contributed by atoms with van der Waals surface area (Å²) in [6.07, 6.45) is 2.43. The standard InChI is InChI=1S/C13H20N4O3/c1-15-11-10(12(18)16(2)13(15)19)7-17(8-14-11)6-9-4-3-5-20-9/h9-10H,3-8H2,1-2H3. The molecule has 0 spiro atoms. The largest absolute Gasteiger partial charge is 0.377 e. The van der Waals surface area contributed by atoms with Gasteiger partial charge in [0.1, 0.15) is 11.8 Å². The molecule has 0 aromatic heterocycles. The number of imide groups is 1. The molecule has 3 aliphatic heterocycles. The minimum absolute atomic E-state index is 0.163. The Labute approximate surface area is 118 Å². The molecule has 2 unspecified atom stereocenters. The van der Waals surface area contributed by atoms with Crippen LogP contribution in [0.3, 0.4) is 0 Å². The van der Waals surface area contributed by atoms with Gasteiger partial charge in [0, 0.05) is 33.8 Å². The summed E-state index contributed by atoms with van der Waals surface area (Å²) in [5.41, 5.74) is 0. The summed E-state index contributed by atoms with van der Waals surface area (Å²) in [5, 5.41) is 0. The Kier molecular flexibility index (Phi) is 3.47. The molecule has 0 aromatic carbocycles. The van der Waals surface area contributed by atoms with E-state index in [-0.39, 0.29) is 24.0 Å². The van der Waals surface area contributed by atoms with E-state index >= 15 is 0 Å². The third-order valence-electron chi connectivity index (χ3n) is 4.22. The van der Waals surface area contributed by atoms with Gasteiger partial charge in [-0.05, 0) is 12.8 Å². The lowest BCUT2D eigenvalue weighted by molar-refractivity contribution is -0.131. The van der Waals surface area contributed by atoms with E-state index in [1.54, 1.807) is 7.05 Å². The molecular weight excluding hydrogens is 260 g/mol. The van der Waals surface area contributed by atoms with E-state index in [4.69, 9.17) is 4.74 Å². The third-order valence-corrected chi connectivity index (χ3v) is 4.22. The van der Waals surface area contributed by atoms with Crippen LogP contribution in [0.1, 0.15) is 12.8 Å². The number of carbonyl (C=O) groups is 2. The Morgan fingerprint density at radius 2 is 2.10 bits per heavy atom. The van der Waals surface area contributed by atoms with Gasteiger partial charge in [0.15, 0.2) is 0 Å². The zero-order valence-corrected chi connectivity index (χ0v) is 11.9. The fourth-order valence-electron chi connectivity index (χ4n) is 3.07. The van der Waals surface area contributed by atoms with Crippen LogP contribution in [0, 0.1) is 5.92 Å². The van der Waals surface area contributed by atoms with Gasteiger partial charge >= 0.3 is 6.03 Å². The molecule has 3 heterocycles. The van der Waals surface area contributed by atoms with E-state index in [0.29, 0.717) is 19.0 Å². The number of amidine groups is 1. The molecule has 3 amide bonds. The SMILES string of the molecule is CN1C(=O)C2CN(CC3CCCO3)CN=C2N(C)C1=O. The summed E-state index contributed by atoms with van der Waals surface area (Å²) in [6.45, 7) is 2.77. The van der Waals surface area contributed by atoms with Gasteiger partial charge in [-0.15, -0.1) is 0 Å². The maximum Gasteiger partial charge on any atom is 0.331 e. The molecule has 0 N–H and O–H groups in total. The van der Waals surface area contributed by atoms with Crippen molar-refractivity contribution in [1.29, 1.82) is 0 Å². The van der Waals surface area contributed by atoms with Gasteiger partial charge in [0.05, 0.1) is 12.8 Å². The lowest BCUT2D eigenvalue weighted by Gasteiger charge is -2.40. The van der Waals surface area contributed by atoms with E-state index < -0.39 is 0 Å². The first-order valence-electron chi connectivity index (χ1n) is 7.01. The number of aliphatic imine (C=N–C) groups is 1. The van der Waals surface area contributed by atoms with Crippen LogP contribution in [0.25, 0.3) is 0 Å². The highest BCUT2D eigenvalue weighted by Gasteiger charge is 2.43. The van der Waals surface area contributed by atoms with Crippen molar-refractivity contribution in [2.24, 2.45) is 10.9 Å². The van der Waals surface area contributed by atoms with Gasteiger partial charge in [-0.2, -0.15) is 0 Å². The van der Waals surface area contributed by atoms with E-state index in [9.17, 15) is 9.59 Å². The number of fused-ring (bicyclic) bond motifs is 1. The number of carbonyl (C=O) groups excluding carboxylic acids is 2. The molecule has 0 saturated carbocycles. The minimum Gasteiger partial charge on any atom is -0.377 e. The maximum absolute atomic E-state index is 12.2. The average Bonchev–Trinajstić information content (AvgIpc) is 2.95. The van der Waals surface area contributed by atoms with E-state index in [1.165, 1.54) is 16.8 Å². The Balaban J connectivity index is 1.73. The molecule has 7 nitrogen and oxygen atoms in total. The summed E-state index contributed by atoms with van der Waals surface area (Å²) < 4.78 is 5.63. The zero-order chi connectivity index (χ0) is 14.3. The highest BCUT2D eigenvalue weighted by atomic mass is 16.5. The Bertz CT molecular complexity index is 459. The van der Waals surface area contributed by atoms with Crippen LogP contribution in [0.4, 0.5) is 4.79 Å². The van der Waals surface area contributed by atoms with E-state index in [1.807, 2.05) is 0 Å². The van der Waals surface area contributed by atoms with Crippen LogP contribution in [0.5, 0.6) is 0 Å². The summed E-state index contributed by atoms with van der Waals surface area (Å²) in [5.74, 6) is 0.100. The van der Waals surface area contributed by atoms with Gasteiger partial charge in [-0.3, -0.25) is 24.5 Å². The summed E-state index contributed by atoms with van der Waals surface area (Å²) in [7, 11) is 3.20. The molecule has 3 rings (SSSR count). The summed E-state index contributed by atoms with van der Waals surface area (Å²) in [4.78, 5) is 33.3. The first kappa shape index (κ1) is 13.5. The van der Waals surface area contributed by atoms with Gasteiger partial charge in [0.25, 0.3) is 0 Å². The Hall–Kier alpha value is -1.47. The van der Waals surface area contributed by atoms with Gasteiger partial charge in [-0.1, -0.05) is 0 Å². The molecule has 20 heavy (non-hydrogen) atoms. The van der Waals surface area contributed by atoms with Crippen molar-refractivity contribution in [3.05, 3.63) is 0 Å². The van der Waals surface area contributed by atoms with Crippen LogP contribution < -0.4 is 0 Å². The highest BCUT2D eigenvalue weighted by molar-refractivity contribution is 6.17. The maximum atomic E-state index is 12.2. The molecule has 0 aliphatic carbocycles. The third kappa shape index (κ3) is 2.20. The fourth-order valence-corrected chi connectivity index (χ4v) is 3.07. The first-order valence-corrected chi connectivity index (χ1v) is 7.01. The normalized spacial score (nSPS) is 31.6. The van der Waals surface area contributed by atoms with Crippen LogP contribution in [-0.2, 0) is 9.53 Å². The zero-order valence-electron chi connectivity index (χ0n) is 11.9. The number of ether oxygens (including phenoxy) is 1. The molecule has 2 saturated heterocycles.